The van der Waals surface area contributed by atoms with Gasteiger partial charge >= 0.3 is 5.97 Å². The number of hydrogen-bond acceptors (Lipinski definition) is 4. The van der Waals surface area contributed by atoms with E-state index in [9.17, 15) is 14.0 Å². The van der Waals surface area contributed by atoms with Gasteiger partial charge in [0.1, 0.15) is 11.6 Å². The lowest BCUT2D eigenvalue weighted by atomic mass is 10.2. The number of rotatable bonds is 6. The number of ether oxygens (including phenoxy) is 2. The third kappa shape index (κ3) is 5.32. The molecule has 0 radical (unpaired) electrons. The molecule has 0 aliphatic heterocycles. The molecule has 1 atom stereocenters. The normalized spacial score (nSPS) is 11.8. The second-order valence-corrected chi connectivity index (χ2v) is 5.68. The lowest BCUT2D eigenvalue weighted by Crippen LogP contribution is -2.29. The molecule has 0 aliphatic carbocycles. The van der Waals surface area contributed by atoms with E-state index in [0.717, 1.165) is 6.08 Å². The first-order valence-corrected chi connectivity index (χ1v) is 8.06. The summed E-state index contributed by atoms with van der Waals surface area (Å²) >= 11 is 5.99. The first-order chi connectivity index (χ1) is 12.4. The van der Waals surface area contributed by atoms with Gasteiger partial charge in [-0.25, -0.2) is 9.18 Å². The highest BCUT2D eigenvalue weighted by atomic mass is 35.5. The molecule has 5 nitrogen and oxygen atoms in total. The molecule has 0 fully saturated rings. The molecule has 26 heavy (non-hydrogen) atoms. The van der Waals surface area contributed by atoms with Crippen molar-refractivity contribution in [2.24, 2.45) is 0 Å². The van der Waals surface area contributed by atoms with Gasteiger partial charge in [0.05, 0.1) is 12.1 Å². The average Bonchev–Trinajstić information content (AvgIpc) is 2.61. The van der Waals surface area contributed by atoms with Crippen LogP contribution in [0.2, 0.25) is 5.02 Å². The zero-order chi connectivity index (χ0) is 19.1. The van der Waals surface area contributed by atoms with Gasteiger partial charge in [0.15, 0.2) is 6.10 Å². The second-order valence-electron chi connectivity index (χ2n) is 5.27. The zero-order valence-corrected chi connectivity index (χ0v) is 14.9. The van der Waals surface area contributed by atoms with Crippen molar-refractivity contribution in [1.29, 1.82) is 0 Å². The SMILES string of the molecule is COc1ccc(NC(=O)[C@@H](C)OC(=O)/C=C/c2ccccc2F)cc1Cl. The minimum Gasteiger partial charge on any atom is -0.495 e. The van der Waals surface area contributed by atoms with Crippen LogP contribution in [0.4, 0.5) is 10.1 Å². The number of hydrogen-bond donors (Lipinski definition) is 1. The quantitative estimate of drug-likeness (QED) is 0.608. The van der Waals surface area contributed by atoms with Crippen LogP contribution in [0.5, 0.6) is 5.75 Å². The molecular formula is C19H17ClFNO4. The van der Waals surface area contributed by atoms with E-state index in [1.165, 1.54) is 38.3 Å². The molecule has 0 heterocycles. The maximum absolute atomic E-state index is 13.5. The van der Waals surface area contributed by atoms with Gasteiger partial charge < -0.3 is 14.8 Å². The number of carbonyl (C=O) groups excluding carboxylic acids is 2. The predicted molar refractivity (Wildman–Crippen MR) is 97.6 cm³/mol. The third-order valence-electron chi connectivity index (χ3n) is 3.39. The summed E-state index contributed by atoms with van der Waals surface area (Å²) in [5, 5.41) is 2.92. The summed E-state index contributed by atoms with van der Waals surface area (Å²) in [4.78, 5) is 23.9. The predicted octanol–water partition coefficient (Wildman–Crippen LogP) is 4.07. The Kier molecular flexibility index (Phi) is 6.74. The Hall–Kier alpha value is -2.86. The molecule has 0 spiro atoms. The van der Waals surface area contributed by atoms with E-state index >= 15 is 0 Å². The molecule has 0 aromatic heterocycles. The molecule has 1 amide bonds. The first-order valence-electron chi connectivity index (χ1n) is 7.68. The van der Waals surface area contributed by atoms with Gasteiger partial charge in [-0.3, -0.25) is 4.79 Å². The summed E-state index contributed by atoms with van der Waals surface area (Å²) in [6.45, 7) is 1.43. The maximum Gasteiger partial charge on any atom is 0.331 e. The van der Waals surface area contributed by atoms with Gasteiger partial charge in [0, 0.05) is 17.3 Å². The Morgan fingerprint density at radius 3 is 2.62 bits per heavy atom. The molecule has 136 valence electrons. The number of carbonyl (C=O) groups is 2. The number of esters is 1. The van der Waals surface area contributed by atoms with E-state index in [2.05, 4.69) is 5.32 Å². The van der Waals surface area contributed by atoms with Crippen LogP contribution >= 0.6 is 11.6 Å². The standard InChI is InChI=1S/C19H17ClFNO4/c1-12(19(24)22-14-8-9-17(25-2)15(20)11-14)26-18(23)10-7-13-5-3-4-6-16(13)21/h3-12H,1-2H3,(H,22,24)/b10-7+/t12-/m1/s1. The summed E-state index contributed by atoms with van der Waals surface area (Å²) in [6, 6.07) is 10.7. The van der Waals surface area contributed by atoms with Crippen LogP contribution in [0.25, 0.3) is 6.08 Å². The van der Waals surface area contributed by atoms with Gasteiger partial charge in [0.2, 0.25) is 0 Å². The molecule has 2 aromatic rings. The molecule has 0 bridgehead atoms. The highest BCUT2D eigenvalue weighted by molar-refractivity contribution is 6.32. The number of halogens is 2. The first kappa shape index (κ1) is 19.5. The molecule has 0 saturated heterocycles. The van der Waals surface area contributed by atoms with Gasteiger partial charge in [-0.1, -0.05) is 29.8 Å². The number of nitrogens with one attached hydrogen (secondary N) is 1. The molecule has 0 aliphatic rings. The lowest BCUT2D eigenvalue weighted by Gasteiger charge is -2.13. The van der Waals surface area contributed by atoms with Crippen molar-refractivity contribution in [2.75, 3.05) is 12.4 Å². The van der Waals surface area contributed by atoms with E-state index < -0.39 is 23.8 Å². The van der Waals surface area contributed by atoms with Crippen molar-refractivity contribution < 1.29 is 23.5 Å². The zero-order valence-electron chi connectivity index (χ0n) is 14.2. The Labute approximate surface area is 155 Å². The average molecular weight is 378 g/mol. The van der Waals surface area contributed by atoms with Crippen molar-refractivity contribution in [3.63, 3.8) is 0 Å². The van der Waals surface area contributed by atoms with E-state index in [4.69, 9.17) is 21.1 Å². The van der Waals surface area contributed by atoms with Gasteiger partial charge in [-0.05, 0) is 37.3 Å². The van der Waals surface area contributed by atoms with Crippen molar-refractivity contribution in [1.82, 2.24) is 0 Å². The fourth-order valence-electron chi connectivity index (χ4n) is 2.02. The fourth-order valence-corrected chi connectivity index (χ4v) is 2.28. The third-order valence-corrected chi connectivity index (χ3v) is 3.68. The van der Waals surface area contributed by atoms with Gasteiger partial charge in [-0.2, -0.15) is 0 Å². The monoisotopic (exact) mass is 377 g/mol. The van der Waals surface area contributed by atoms with E-state index in [1.54, 1.807) is 24.3 Å². The van der Waals surface area contributed by atoms with Crippen LogP contribution in [0.1, 0.15) is 12.5 Å². The lowest BCUT2D eigenvalue weighted by molar-refractivity contribution is -0.148. The van der Waals surface area contributed by atoms with Crippen LogP contribution < -0.4 is 10.1 Å². The number of methoxy groups -OCH3 is 1. The Bertz CT molecular complexity index is 838. The summed E-state index contributed by atoms with van der Waals surface area (Å²) in [5.41, 5.74) is 0.681. The smallest absolute Gasteiger partial charge is 0.331 e. The fraction of sp³-hybridized carbons (Fsp3) is 0.158. The topological polar surface area (TPSA) is 64.6 Å². The molecule has 0 unspecified atom stereocenters. The van der Waals surface area contributed by atoms with Crippen LogP contribution in [-0.4, -0.2) is 25.1 Å². The summed E-state index contributed by atoms with van der Waals surface area (Å²) in [7, 11) is 1.48. The molecule has 2 rings (SSSR count). The van der Waals surface area contributed by atoms with Crippen molar-refractivity contribution in [3.05, 3.63) is 64.9 Å². The van der Waals surface area contributed by atoms with Gasteiger partial charge in [-0.15, -0.1) is 0 Å². The largest absolute Gasteiger partial charge is 0.495 e. The van der Waals surface area contributed by atoms with E-state index in [0.29, 0.717) is 16.5 Å². The minimum absolute atomic E-state index is 0.245. The number of anilines is 1. The van der Waals surface area contributed by atoms with Crippen LogP contribution in [0, 0.1) is 5.82 Å². The van der Waals surface area contributed by atoms with Gasteiger partial charge in [0.25, 0.3) is 5.91 Å². The second kappa shape index (κ2) is 9.01. The van der Waals surface area contributed by atoms with Crippen molar-refractivity contribution in [2.45, 2.75) is 13.0 Å². The minimum atomic E-state index is -1.05. The molecule has 2 aromatic carbocycles. The number of benzene rings is 2. The Morgan fingerprint density at radius 1 is 1.23 bits per heavy atom. The summed E-state index contributed by atoms with van der Waals surface area (Å²) < 4.78 is 23.5. The highest BCUT2D eigenvalue weighted by Crippen LogP contribution is 2.27. The van der Waals surface area contributed by atoms with Crippen LogP contribution in [-0.2, 0) is 14.3 Å². The molecule has 0 saturated carbocycles. The number of amides is 1. The van der Waals surface area contributed by atoms with Crippen molar-refractivity contribution in [3.8, 4) is 5.75 Å². The summed E-state index contributed by atoms with van der Waals surface area (Å²) in [6.07, 6.45) is 1.30. The Morgan fingerprint density at radius 2 is 1.96 bits per heavy atom. The van der Waals surface area contributed by atoms with Crippen molar-refractivity contribution >= 4 is 35.2 Å². The molecular weight excluding hydrogens is 361 g/mol. The highest BCUT2D eigenvalue weighted by Gasteiger charge is 2.17. The van der Waals surface area contributed by atoms with E-state index in [1.807, 2.05) is 0 Å². The molecule has 1 N–H and O–H groups in total. The van der Waals surface area contributed by atoms with Crippen LogP contribution in [0.15, 0.2) is 48.5 Å². The van der Waals surface area contributed by atoms with Crippen LogP contribution in [0.3, 0.4) is 0 Å². The summed E-state index contributed by atoms with van der Waals surface area (Å²) in [5.74, 6) is -1.27. The maximum atomic E-state index is 13.5. The Balaban J connectivity index is 1.93. The van der Waals surface area contributed by atoms with E-state index in [-0.39, 0.29) is 5.56 Å². The molecule has 7 heteroatoms.